The Kier molecular flexibility index (Phi) is 4.02. The molecule has 0 radical (unpaired) electrons. The summed E-state index contributed by atoms with van der Waals surface area (Å²) in [6, 6.07) is 7.46. The summed E-state index contributed by atoms with van der Waals surface area (Å²) in [6.07, 6.45) is 2.00. The van der Waals surface area contributed by atoms with E-state index < -0.39 is 0 Å². The Morgan fingerprint density at radius 2 is 1.96 bits per heavy atom. The number of nitrogens with zero attached hydrogens (tertiary/aromatic N) is 1. The topological polar surface area (TPSA) is 51.1 Å². The molecule has 1 aromatic heterocycles. The van der Waals surface area contributed by atoms with Gasteiger partial charge in [-0.2, -0.15) is 0 Å². The van der Waals surface area contributed by atoms with Gasteiger partial charge >= 0.3 is 0 Å². The fourth-order valence-corrected chi connectivity index (χ4v) is 3.07. The van der Waals surface area contributed by atoms with Crippen LogP contribution in [-0.4, -0.2) is 10.5 Å². The average molecular weight is 331 g/mol. The average Bonchev–Trinajstić information content (AvgIpc) is 3.28. The van der Waals surface area contributed by atoms with Gasteiger partial charge in [-0.15, -0.1) is 0 Å². The van der Waals surface area contributed by atoms with E-state index in [2.05, 4.69) is 5.32 Å². The summed E-state index contributed by atoms with van der Waals surface area (Å²) in [7, 11) is 0. The van der Waals surface area contributed by atoms with Crippen LogP contribution in [0.3, 0.4) is 0 Å². The molecule has 0 atom stereocenters. The van der Waals surface area contributed by atoms with Crippen molar-refractivity contribution in [1.29, 1.82) is 0 Å². The predicted molar refractivity (Wildman–Crippen MR) is 92.6 cm³/mol. The molecule has 120 valence electrons. The molecule has 1 amide bonds. The third-order valence-corrected chi connectivity index (χ3v) is 4.70. The summed E-state index contributed by atoms with van der Waals surface area (Å²) in [5, 5.41) is 3.40. The maximum absolute atomic E-state index is 12.8. The summed E-state index contributed by atoms with van der Waals surface area (Å²) in [5.74, 6) is -0.382. The largest absolute Gasteiger partial charge is 0.322 e. The molecular formula is C18H19ClN2O2. The van der Waals surface area contributed by atoms with Crippen LogP contribution in [0.2, 0.25) is 5.02 Å². The molecule has 2 aromatic rings. The number of nitrogens with one attached hydrogen (secondary N) is 1. The molecule has 5 heteroatoms. The Morgan fingerprint density at radius 1 is 1.26 bits per heavy atom. The Balaban J connectivity index is 2.01. The normalized spacial score (nSPS) is 13.9. The third kappa shape index (κ3) is 2.91. The molecule has 1 aromatic carbocycles. The van der Waals surface area contributed by atoms with Crippen molar-refractivity contribution in [2.75, 3.05) is 5.32 Å². The van der Waals surface area contributed by atoms with Gasteiger partial charge in [0.25, 0.3) is 11.5 Å². The van der Waals surface area contributed by atoms with Crippen LogP contribution in [0.25, 0.3) is 0 Å². The number of amides is 1. The Morgan fingerprint density at radius 3 is 2.61 bits per heavy atom. The number of aromatic nitrogens is 1. The number of carbonyl (C=O) groups is 1. The molecule has 3 rings (SSSR count). The zero-order valence-corrected chi connectivity index (χ0v) is 14.2. The van der Waals surface area contributed by atoms with Crippen molar-refractivity contribution in [3.63, 3.8) is 0 Å². The minimum absolute atomic E-state index is 0.206. The predicted octanol–water partition coefficient (Wildman–Crippen LogP) is 4.01. The van der Waals surface area contributed by atoms with E-state index in [1.54, 1.807) is 29.7 Å². The van der Waals surface area contributed by atoms with Crippen LogP contribution in [-0.2, 0) is 0 Å². The van der Waals surface area contributed by atoms with Gasteiger partial charge in [0, 0.05) is 22.4 Å². The summed E-state index contributed by atoms with van der Waals surface area (Å²) in [4.78, 5) is 25.4. The number of carbonyl (C=O) groups excluding carboxylic acids is 1. The monoisotopic (exact) mass is 330 g/mol. The van der Waals surface area contributed by atoms with Crippen molar-refractivity contribution < 1.29 is 4.79 Å². The number of benzene rings is 1. The van der Waals surface area contributed by atoms with Crippen molar-refractivity contribution in [3.8, 4) is 0 Å². The van der Waals surface area contributed by atoms with Crippen molar-refractivity contribution in [2.45, 2.75) is 39.7 Å². The molecule has 4 nitrogen and oxygen atoms in total. The van der Waals surface area contributed by atoms with Crippen molar-refractivity contribution in [1.82, 2.24) is 4.57 Å². The van der Waals surface area contributed by atoms with Gasteiger partial charge in [0.05, 0.1) is 0 Å². The number of rotatable bonds is 3. The molecule has 1 fully saturated rings. The zero-order valence-electron chi connectivity index (χ0n) is 13.4. The lowest BCUT2D eigenvalue weighted by Crippen LogP contribution is -2.31. The van der Waals surface area contributed by atoms with Gasteiger partial charge in [0.1, 0.15) is 5.56 Å². The molecule has 0 saturated heterocycles. The van der Waals surface area contributed by atoms with Gasteiger partial charge in [-0.1, -0.05) is 17.7 Å². The van der Waals surface area contributed by atoms with Gasteiger partial charge < -0.3 is 9.88 Å². The van der Waals surface area contributed by atoms with Crippen LogP contribution in [0.4, 0.5) is 5.69 Å². The highest BCUT2D eigenvalue weighted by Crippen LogP contribution is 2.34. The van der Waals surface area contributed by atoms with Crippen LogP contribution in [0.1, 0.15) is 46.1 Å². The van der Waals surface area contributed by atoms with Crippen LogP contribution >= 0.6 is 11.6 Å². The first kappa shape index (κ1) is 15.8. The highest BCUT2D eigenvalue weighted by Gasteiger charge is 2.28. The van der Waals surface area contributed by atoms with Crippen LogP contribution in [0.15, 0.2) is 29.1 Å². The molecule has 0 spiro atoms. The van der Waals surface area contributed by atoms with Crippen LogP contribution in [0.5, 0.6) is 0 Å². The van der Waals surface area contributed by atoms with Gasteiger partial charge in [-0.25, -0.2) is 0 Å². The highest BCUT2D eigenvalue weighted by atomic mass is 35.5. The van der Waals surface area contributed by atoms with Crippen molar-refractivity contribution in [3.05, 3.63) is 62.0 Å². The molecule has 1 saturated carbocycles. The second-order valence-electron chi connectivity index (χ2n) is 6.12. The third-order valence-electron chi connectivity index (χ3n) is 4.29. The second kappa shape index (κ2) is 5.85. The first-order valence-corrected chi connectivity index (χ1v) is 8.07. The number of aryl methyl sites for hydroxylation is 2. The summed E-state index contributed by atoms with van der Waals surface area (Å²) < 4.78 is 1.74. The standard InChI is InChI=1S/C18H19ClN2O2/c1-10-9-11(2)21(13-7-8-13)18(23)16(10)17(22)20-15-6-4-5-14(19)12(15)3/h4-6,9,13H,7-8H2,1-3H3,(H,20,22). The molecule has 0 unspecified atom stereocenters. The van der Waals surface area contributed by atoms with Crippen molar-refractivity contribution >= 4 is 23.2 Å². The Hall–Kier alpha value is -2.07. The molecule has 1 N–H and O–H groups in total. The number of anilines is 1. The van der Waals surface area contributed by atoms with Crippen LogP contribution in [0, 0.1) is 20.8 Å². The van der Waals surface area contributed by atoms with Gasteiger partial charge in [-0.05, 0) is 62.9 Å². The van der Waals surface area contributed by atoms with E-state index >= 15 is 0 Å². The van der Waals surface area contributed by atoms with Gasteiger partial charge in [0.2, 0.25) is 0 Å². The number of halogens is 1. The highest BCUT2D eigenvalue weighted by molar-refractivity contribution is 6.31. The van der Waals surface area contributed by atoms with E-state index in [1.807, 2.05) is 19.9 Å². The lowest BCUT2D eigenvalue weighted by Gasteiger charge is -2.15. The summed E-state index contributed by atoms with van der Waals surface area (Å²) in [5.41, 5.74) is 3.02. The maximum Gasteiger partial charge on any atom is 0.264 e. The fraction of sp³-hybridized carbons (Fsp3) is 0.333. The van der Waals surface area contributed by atoms with E-state index in [9.17, 15) is 9.59 Å². The first-order valence-electron chi connectivity index (χ1n) is 7.69. The van der Waals surface area contributed by atoms with E-state index in [1.165, 1.54) is 0 Å². The first-order chi connectivity index (χ1) is 10.9. The summed E-state index contributed by atoms with van der Waals surface area (Å²) in [6.45, 7) is 5.54. The van der Waals surface area contributed by atoms with Gasteiger partial charge in [-0.3, -0.25) is 9.59 Å². The molecule has 23 heavy (non-hydrogen) atoms. The number of hydrogen-bond acceptors (Lipinski definition) is 2. The molecule has 1 heterocycles. The zero-order chi connectivity index (χ0) is 16.7. The fourth-order valence-electron chi connectivity index (χ4n) is 2.89. The summed E-state index contributed by atoms with van der Waals surface area (Å²) >= 11 is 6.08. The molecule has 0 bridgehead atoms. The smallest absolute Gasteiger partial charge is 0.264 e. The van der Waals surface area contributed by atoms with Gasteiger partial charge in [0.15, 0.2) is 0 Å². The van der Waals surface area contributed by atoms with E-state index in [0.29, 0.717) is 16.3 Å². The number of pyridine rings is 1. The van der Waals surface area contributed by atoms with Crippen molar-refractivity contribution in [2.24, 2.45) is 0 Å². The quantitative estimate of drug-likeness (QED) is 0.924. The minimum atomic E-state index is -0.382. The van der Waals surface area contributed by atoms with E-state index in [-0.39, 0.29) is 23.1 Å². The molecule has 1 aliphatic carbocycles. The number of hydrogen-bond donors (Lipinski definition) is 1. The Labute approximate surface area is 140 Å². The SMILES string of the molecule is Cc1cc(C)n(C2CC2)c(=O)c1C(=O)Nc1cccc(Cl)c1C. The molecule has 1 aliphatic rings. The van der Waals surface area contributed by atoms with E-state index in [0.717, 1.165) is 24.1 Å². The van der Waals surface area contributed by atoms with E-state index in [4.69, 9.17) is 11.6 Å². The second-order valence-corrected chi connectivity index (χ2v) is 6.52. The molecular weight excluding hydrogens is 312 g/mol. The lowest BCUT2D eigenvalue weighted by atomic mass is 10.1. The van der Waals surface area contributed by atoms with Crippen LogP contribution < -0.4 is 10.9 Å². The lowest BCUT2D eigenvalue weighted by molar-refractivity contribution is 0.102. The Bertz CT molecular complexity index is 851. The maximum atomic E-state index is 12.8. The minimum Gasteiger partial charge on any atom is -0.322 e. The molecule has 0 aliphatic heterocycles.